The van der Waals surface area contributed by atoms with Crippen molar-refractivity contribution >= 4 is 56.5 Å². The highest BCUT2D eigenvalue weighted by Gasteiger charge is 2.16. The molecule has 0 unspecified atom stereocenters. The van der Waals surface area contributed by atoms with Crippen LogP contribution in [0.15, 0.2) is 69.9 Å². The summed E-state index contributed by atoms with van der Waals surface area (Å²) in [6.07, 6.45) is 0. The summed E-state index contributed by atoms with van der Waals surface area (Å²) >= 11 is 8.48. The molecule has 0 aliphatic heterocycles. The molecular weight excluding hydrogens is 426 g/mol. The Hall–Kier alpha value is -2.61. The topological polar surface area (TPSA) is 64.0 Å². The molecule has 2 heterocycles. The van der Waals surface area contributed by atoms with E-state index in [0.29, 0.717) is 26.1 Å². The van der Waals surface area contributed by atoms with Crippen LogP contribution in [0.2, 0.25) is 5.02 Å². The molecule has 0 radical (unpaired) electrons. The van der Waals surface area contributed by atoms with Gasteiger partial charge in [-0.3, -0.25) is 14.2 Å². The highest BCUT2D eigenvalue weighted by molar-refractivity contribution is 7.99. The van der Waals surface area contributed by atoms with Gasteiger partial charge in [0.05, 0.1) is 17.0 Å². The zero-order chi connectivity index (χ0) is 20.4. The van der Waals surface area contributed by atoms with Gasteiger partial charge in [0.15, 0.2) is 5.16 Å². The number of benzene rings is 2. The quantitative estimate of drug-likeness (QED) is 0.344. The lowest BCUT2D eigenvalue weighted by Crippen LogP contribution is -2.22. The van der Waals surface area contributed by atoms with Crippen molar-refractivity contribution in [1.82, 2.24) is 9.55 Å². The molecule has 29 heavy (non-hydrogen) atoms. The van der Waals surface area contributed by atoms with Crippen molar-refractivity contribution in [2.75, 3.05) is 11.1 Å². The summed E-state index contributed by atoms with van der Waals surface area (Å²) in [7, 11) is 0. The first-order valence-electron chi connectivity index (χ1n) is 8.77. The Kier molecular flexibility index (Phi) is 5.71. The van der Waals surface area contributed by atoms with E-state index in [-0.39, 0.29) is 17.2 Å². The van der Waals surface area contributed by atoms with Gasteiger partial charge in [0.1, 0.15) is 4.70 Å². The van der Waals surface area contributed by atoms with Crippen LogP contribution in [-0.2, 0) is 4.79 Å². The number of anilines is 1. The number of hydrogen-bond donors (Lipinski definition) is 1. The lowest BCUT2D eigenvalue weighted by molar-refractivity contribution is -0.113. The molecule has 0 atom stereocenters. The van der Waals surface area contributed by atoms with Crippen molar-refractivity contribution in [3.05, 3.63) is 80.9 Å². The molecule has 0 aliphatic rings. The van der Waals surface area contributed by atoms with Crippen LogP contribution in [0.4, 0.5) is 5.69 Å². The Morgan fingerprint density at radius 2 is 1.93 bits per heavy atom. The van der Waals surface area contributed by atoms with Gasteiger partial charge in [-0.05, 0) is 54.3 Å². The van der Waals surface area contributed by atoms with E-state index in [1.807, 2.05) is 42.6 Å². The minimum atomic E-state index is -0.187. The van der Waals surface area contributed by atoms with E-state index in [2.05, 4.69) is 10.3 Å². The Labute approximate surface area is 180 Å². The fourth-order valence-electron chi connectivity index (χ4n) is 2.88. The number of aromatic nitrogens is 2. The second-order valence-electron chi connectivity index (χ2n) is 6.30. The monoisotopic (exact) mass is 441 g/mol. The number of amides is 1. The largest absolute Gasteiger partial charge is 0.325 e. The Bertz CT molecular complexity index is 1250. The van der Waals surface area contributed by atoms with Crippen molar-refractivity contribution in [2.45, 2.75) is 12.1 Å². The highest BCUT2D eigenvalue weighted by atomic mass is 35.5. The lowest BCUT2D eigenvalue weighted by Gasteiger charge is -2.14. The molecule has 0 aliphatic carbocycles. The first-order chi connectivity index (χ1) is 14.0. The number of halogens is 1. The smallest absolute Gasteiger partial charge is 0.276 e. The molecule has 0 bridgehead atoms. The predicted octanol–water partition coefficient (Wildman–Crippen LogP) is 5.14. The lowest BCUT2D eigenvalue weighted by atomic mass is 10.2. The van der Waals surface area contributed by atoms with Crippen molar-refractivity contribution < 1.29 is 4.79 Å². The van der Waals surface area contributed by atoms with Crippen LogP contribution in [0.25, 0.3) is 15.9 Å². The number of para-hydroxylation sites is 1. The number of rotatable bonds is 5. The minimum Gasteiger partial charge on any atom is -0.325 e. The number of thioether (sulfide) groups is 1. The van der Waals surface area contributed by atoms with Gasteiger partial charge in [-0.15, -0.1) is 11.3 Å². The highest BCUT2D eigenvalue weighted by Crippen LogP contribution is 2.25. The van der Waals surface area contributed by atoms with Crippen LogP contribution < -0.4 is 10.9 Å². The molecule has 4 rings (SSSR count). The summed E-state index contributed by atoms with van der Waals surface area (Å²) in [4.78, 5) is 30.2. The summed E-state index contributed by atoms with van der Waals surface area (Å²) in [5.41, 5.74) is 2.91. The third-order valence-corrected chi connectivity index (χ3v) is 6.35. The average Bonchev–Trinajstić information content (AvgIpc) is 3.18. The summed E-state index contributed by atoms with van der Waals surface area (Å²) in [5.74, 6) is -0.0651. The first kappa shape index (κ1) is 19.7. The second-order valence-corrected chi connectivity index (χ2v) is 8.60. The molecule has 8 heteroatoms. The number of thiophene rings is 1. The van der Waals surface area contributed by atoms with Crippen molar-refractivity contribution in [3.63, 3.8) is 0 Å². The number of carbonyl (C=O) groups is 1. The molecule has 1 amide bonds. The van der Waals surface area contributed by atoms with Crippen LogP contribution in [0, 0.1) is 6.92 Å². The van der Waals surface area contributed by atoms with Gasteiger partial charge in [0.25, 0.3) is 5.56 Å². The van der Waals surface area contributed by atoms with E-state index in [0.717, 1.165) is 11.3 Å². The van der Waals surface area contributed by atoms with Gasteiger partial charge in [-0.2, -0.15) is 0 Å². The zero-order valence-corrected chi connectivity index (χ0v) is 17.8. The molecule has 2 aromatic carbocycles. The van der Waals surface area contributed by atoms with E-state index in [4.69, 9.17) is 11.6 Å². The molecule has 1 N–H and O–H groups in total. The van der Waals surface area contributed by atoms with Gasteiger partial charge in [0.2, 0.25) is 5.91 Å². The van der Waals surface area contributed by atoms with Gasteiger partial charge in [0, 0.05) is 10.7 Å². The third-order valence-electron chi connectivity index (χ3n) is 4.27. The van der Waals surface area contributed by atoms with Crippen LogP contribution >= 0.6 is 34.7 Å². The van der Waals surface area contributed by atoms with E-state index in [1.165, 1.54) is 23.1 Å². The van der Waals surface area contributed by atoms with Crippen LogP contribution in [0.1, 0.15) is 5.56 Å². The summed E-state index contributed by atoms with van der Waals surface area (Å²) in [6.45, 7) is 1.95. The molecule has 5 nitrogen and oxygen atoms in total. The van der Waals surface area contributed by atoms with Crippen LogP contribution in [-0.4, -0.2) is 21.2 Å². The van der Waals surface area contributed by atoms with E-state index >= 15 is 0 Å². The Morgan fingerprint density at radius 1 is 1.17 bits per heavy atom. The summed E-state index contributed by atoms with van der Waals surface area (Å²) in [5, 5.41) is 5.77. The normalized spacial score (nSPS) is 11.0. The van der Waals surface area contributed by atoms with Gasteiger partial charge in [-0.1, -0.05) is 41.6 Å². The minimum absolute atomic E-state index is 0.122. The molecule has 2 aromatic heterocycles. The Balaban J connectivity index is 1.65. The van der Waals surface area contributed by atoms with Gasteiger partial charge in [-0.25, -0.2) is 4.98 Å². The molecular formula is C21H16ClN3O2S2. The Morgan fingerprint density at radius 3 is 2.69 bits per heavy atom. The van der Waals surface area contributed by atoms with Crippen molar-refractivity contribution in [2.24, 2.45) is 0 Å². The second kappa shape index (κ2) is 8.41. The van der Waals surface area contributed by atoms with E-state index in [1.54, 1.807) is 28.8 Å². The molecule has 0 fully saturated rings. The van der Waals surface area contributed by atoms with Gasteiger partial charge >= 0.3 is 0 Å². The SMILES string of the molecule is Cc1ccccc1-n1c(SCC(=O)Nc2ccc(Cl)cc2)nc2ccsc2c1=O. The number of aryl methyl sites for hydroxylation is 1. The molecule has 146 valence electrons. The maximum absolute atomic E-state index is 13.1. The molecule has 4 aromatic rings. The average molecular weight is 442 g/mol. The van der Waals surface area contributed by atoms with Gasteiger partial charge < -0.3 is 5.32 Å². The zero-order valence-electron chi connectivity index (χ0n) is 15.4. The number of nitrogens with zero attached hydrogens (tertiary/aromatic N) is 2. The van der Waals surface area contributed by atoms with E-state index in [9.17, 15) is 9.59 Å². The maximum Gasteiger partial charge on any atom is 0.276 e. The molecule has 0 saturated heterocycles. The number of nitrogens with one attached hydrogen (secondary N) is 1. The molecule has 0 spiro atoms. The number of carbonyl (C=O) groups excluding carboxylic acids is 1. The fraction of sp³-hybridized carbons (Fsp3) is 0.0952. The van der Waals surface area contributed by atoms with Crippen LogP contribution in [0.5, 0.6) is 0 Å². The van der Waals surface area contributed by atoms with E-state index < -0.39 is 0 Å². The van der Waals surface area contributed by atoms with Crippen LogP contribution in [0.3, 0.4) is 0 Å². The number of fused-ring (bicyclic) bond motifs is 1. The van der Waals surface area contributed by atoms with Crippen molar-refractivity contribution in [3.8, 4) is 5.69 Å². The predicted molar refractivity (Wildman–Crippen MR) is 121 cm³/mol. The fourth-order valence-corrected chi connectivity index (χ4v) is 4.57. The summed E-state index contributed by atoms with van der Waals surface area (Å²) < 4.78 is 2.19. The maximum atomic E-state index is 13.1. The van der Waals surface area contributed by atoms with Crippen molar-refractivity contribution in [1.29, 1.82) is 0 Å². The number of hydrogen-bond acceptors (Lipinski definition) is 5. The first-order valence-corrected chi connectivity index (χ1v) is 11.0. The standard InChI is InChI=1S/C21H16ClN3O2S2/c1-13-4-2-3-5-17(13)25-20(27)19-16(10-11-28-19)24-21(25)29-12-18(26)23-15-8-6-14(22)7-9-15/h2-11H,12H2,1H3,(H,23,26). The molecule has 0 saturated carbocycles. The summed E-state index contributed by atoms with van der Waals surface area (Å²) in [6, 6.07) is 16.4. The third kappa shape index (κ3) is 4.22.